The Balaban J connectivity index is 1.64. The number of carboxylic acids is 1. The Hall–Kier alpha value is -2.94. The van der Waals surface area contributed by atoms with Crippen LogP contribution >= 0.6 is 0 Å². The predicted molar refractivity (Wildman–Crippen MR) is 151 cm³/mol. The molecule has 1 saturated heterocycles. The quantitative estimate of drug-likeness (QED) is 0.317. The van der Waals surface area contributed by atoms with Crippen LogP contribution in [0.3, 0.4) is 0 Å². The van der Waals surface area contributed by atoms with E-state index in [0.29, 0.717) is 39.2 Å². The van der Waals surface area contributed by atoms with Gasteiger partial charge in [0, 0.05) is 38.0 Å². The van der Waals surface area contributed by atoms with Crippen LogP contribution in [-0.2, 0) is 29.0 Å². The van der Waals surface area contributed by atoms with Gasteiger partial charge in [0.25, 0.3) is 0 Å². The number of nitrogens with zero attached hydrogens (tertiary/aromatic N) is 2. The van der Waals surface area contributed by atoms with E-state index in [0.717, 1.165) is 60.1 Å². The fourth-order valence-corrected chi connectivity index (χ4v) is 6.09. The molecule has 212 valence electrons. The summed E-state index contributed by atoms with van der Waals surface area (Å²) in [5.74, 6) is -0.898. The van der Waals surface area contributed by atoms with E-state index in [2.05, 4.69) is 17.9 Å². The van der Waals surface area contributed by atoms with Crippen LogP contribution < -0.4 is 10.5 Å². The van der Waals surface area contributed by atoms with Crippen molar-refractivity contribution in [3.8, 4) is 5.75 Å². The van der Waals surface area contributed by atoms with Gasteiger partial charge in [0.2, 0.25) is 5.91 Å². The largest absolute Gasteiger partial charge is 0.493 e. The summed E-state index contributed by atoms with van der Waals surface area (Å²) in [6, 6.07) is 13.2. The van der Waals surface area contributed by atoms with Crippen LogP contribution in [0.1, 0.15) is 60.8 Å². The Kier molecular flexibility index (Phi) is 10.4. The lowest BCUT2D eigenvalue weighted by Crippen LogP contribution is -2.45. The first-order valence-corrected chi connectivity index (χ1v) is 14.3. The molecule has 2 heterocycles. The van der Waals surface area contributed by atoms with E-state index in [-0.39, 0.29) is 31.0 Å². The number of benzene rings is 2. The number of rotatable bonds is 14. The maximum absolute atomic E-state index is 13.6. The van der Waals surface area contributed by atoms with Gasteiger partial charge in [-0.15, -0.1) is 0 Å². The highest BCUT2D eigenvalue weighted by Gasteiger charge is 2.47. The fourth-order valence-electron chi connectivity index (χ4n) is 6.09. The Morgan fingerprint density at radius 1 is 1.10 bits per heavy atom. The number of amides is 1. The molecule has 0 spiro atoms. The zero-order valence-electron chi connectivity index (χ0n) is 23.1. The molecule has 0 radical (unpaired) electrons. The van der Waals surface area contributed by atoms with Crippen molar-refractivity contribution in [2.75, 3.05) is 39.3 Å². The third kappa shape index (κ3) is 6.99. The van der Waals surface area contributed by atoms with Gasteiger partial charge in [0.15, 0.2) is 0 Å². The van der Waals surface area contributed by atoms with E-state index < -0.39 is 11.9 Å². The fraction of sp³-hybridized carbons (Fsp3) is 0.548. The van der Waals surface area contributed by atoms with Gasteiger partial charge in [-0.05, 0) is 60.5 Å². The second kappa shape index (κ2) is 13.9. The average Bonchev–Trinajstić information content (AvgIpc) is 3.55. The first kappa shape index (κ1) is 29.1. The highest BCUT2D eigenvalue weighted by Crippen LogP contribution is 2.41. The van der Waals surface area contributed by atoms with Gasteiger partial charge in [-0.2, -0.15) is 0 Å². The average molecular weight is 538 g/mol. The van der Waals surface area contributed by atoms with E-state index in [4.69, 9.17) is 10.5 Å². The first-order chi connectivity index (χ1) is 19.0. The second-order valence-corrected chi connectivity index (χ2v) is 10.8. The third-order valence-electron chi connectivity index (χ3n) is 8.25. The van der Waals surface area contributed by atoms with Gasteiger partial charge in [-0.25, -0.2) is 0 Å². The van der Waals surface area contributed by atoms with E-state index >= 15 is 0 Å². The molecule has 0 bridgehead atoms. The minimum absolute atomic E-state index is 0.0352. The molecule has 0 saturated carbocycles. The van der Waals surface area contributed by atoms with Crippen LogP contribution in [0.4, 0.5) is 0 Å². The number of carboxylic acid groups (broad SMARTS) is 1. The monoisotopic (exact) mass is 537 g/mol. The summed E-state index contributed by atoms with van der Waals surface area (Å²) in [7, 11) is 0. The normalized spacial score (nSPS) is 20.5. The molecule has 2 aromatic rings. The number of aliphatic hydroxyl groups excluding tert-OH is 1. The van der Waals surface area contributed by atoms with Gasteiger partial charge < -0.3 is 25.6 Å². The number of carbonyl (C=O) groups excluding carboxylic acids is 1. The van der Waals surface area contributed by atoms with Crippen molar-refractivity contribution in [2.45, 2.75) is 64.0 Å². The molecule has 2 aliphatic rings. The van der Waals surface area contributed by atoms with E-state index in [1.807, 2.05) is 41.3 Å². The number of likely N-dealkylation sites (tertiary alicyclic amines) is 1. The molecule has 0 unspecified atom stereocenters. The molecule has 1 fully saturated rings. The maximum atomic E-state index is 13.6. The first-order valence-electron chi connectivity index (χ1n) is 14.3. The minimum Gasteiger partial charge on any atom is -0.493 e. The molecule has 2 aliphatic heterocycles. The van der Waals surface area contributed by atoms with Gasteiger partial charge >= 0.3 is 5.97 Å². The zero-order chi connectivity index (χ0) is 27.8. The van der Waals surface area contributed by atoms with Crippen molar-refractivity contribution in [2.24, 2.45) is 11.7 Å². The maximum Gasteiger partial charge on any atom is 0.308 e. The Morgan fingerprint density at radius 3 is 2.59 bits per heavy atom. The van der Waals surface area contributed by atoms with Gasteiger partial charge in [0.1, 0.15) is 5.75 Å². The lowest BCUT2D eigenvalue weighted by molar-refractivity contribution is -0.143. The molecule has 4 rings (SSSR count). The molecule has 8 nitrogen and oxygen atoms in total. The summed E-state index contributed by atoms with van der Waals surface area (Å²) >= 11 is 0. The van der Waals surface area contributed by atoms with Crippen molar-refractivity contribution < 1.29 is 24.5 Å². The van der Waals surface area contributed by atoms with Crippen molar-refractivity contribution in [3.05, 3.63) is 64.7 Å². The van der Waals surface area contributed by atoms with Crippen LogP contribution in [0.5, 0.6) is 5.75 Å². The summed E-state index contributed by atoms with van der Waals surface area (Å²) in [5, 5.41) is 20.5. The topological polar surface area (TPSA) is 116 Å². The van der Waals surface area contributed by atoms with Crippen LogP contribution in [-0.4, -0.2) is 77.3 Å². The van der Waals surface area contributed by atoms with Crippen molar-refractivity contribution in [1.82, 2.24) is 9.80 Å². The molecular weight excluding hydrogens is 494 g/mol. The number of fused-ring (bicyclic) bond motifs is 1. The molecule has 1 amide bonds. The molecule has 0 aromatic heterocycles. The molecule has 39 heavy (non-hydrogen) atoms. The highest BCUT2D eigenvalue weighted by atomic mass is 16.5. The SMILES string of the molecule is CCCCN(CCCCN)C(=O)CN1C[C@H](c2ccc3c(c2)CCO3)[C@@H](C(=O)O)[C@@H]1Cc1ccccc1CO. The summed E-state index contributed by atoms with van der Waals surface area (Å²) in [4.78, 5) is 30.5. The minimum atomic E-state index is -0.857. The smallest absolute Gasteiger partial charge is 0.308 e. The molecular formula is C31H43N3O5. The lowest BCUT2D eigenvalue weighted by Gasteiger charge is -2.30. The second-order valence-electron chi connectivity index (χ2n) is 10.8. The molecule has 4 N–H and O–H groups in total. The molecule has 3 atom stereocenters. The van der Waals surface area contributed by atoms with Crippen molar-refractivity contribution in [3.63, 3.8) is 0 Å². The number of unbranched alkanes of at least 4 members (excludes halogenated alkanes) is 2. The van der Waals surface area contributed by atoms with Gasteiger partial charge in [-0.1, -0.05) is 49.7 Å². The molecule has 0 aliphatic carbocycles. The Bertz CT molecular complexity index is 1120. The number of nitrogens with two attached hydrogens (primary N) is 1. The zero-order valence-corrected chi connectivity index (χ0v) is 23.1. The van der Waals surface area contributed by atoms with Gasteiger partial charge in [-0.3, -0.25) is 14.5 Å². The number of hydrogen-bond donors (Lipinski definition) is 3. The van der Waals surface area contributed by atoms with Crippen molar-refractivity contribution >= 4 is 11.9 Å². The van der Waals surface area contributed by atoms with E-state index in [9.17, 15) is 19.8 Å². The number of aliphatic carboxylic acids is 1. The standard InChI is InChI=1S/C31H43N3O5/c1-2-3-14-33(15-7-6-13-32)29(36)20-34-19-26(23-10-11-28-24(17-23)12-16-39-28)30(31(37)38)27(34)18-22-8-4-5-9-25(22)21-35/h4-5,8-11,17,26-27,30,35H,2-3,6-7,12-16,18-21,32H2,1H3,(H,37,38)/t26-,27+,30-/m1/s1. The number of aliphatic hydroxyl groups is 1. The van der Waals surface area contributed by atoms with Crippen LogP contribution in [0.15, 0.2) is 42.5 Å². The van der Waals surface area contributed by atoms with E-state index in [1.165, 1.54) is 0 Å². The van der Waals surface area contributed by atoms with Crippen LogP contribution in [0.2, 0.25) is 0 Å². The summed E-state index contributed by atoms with van der Waals surface area (Å²) in [6.07, 6.45) is 4.92. The Morgan fingerprint density at radius 2 is 1.87 bits per heavy atom. The number of hydrogen-bond acceptors (Lipinski definition) is 6. The van der Waals surface area contributed by atoms with E-state index in [1.54, 1.807) is 0 Å². The third-order valence-corrected chi connectivity index (χ3v) is 8.25. The van der Waals surface area contributed by atoms with Gasteiger partial charge in [0.05, 0.1) is 25.7 Å². The predicted octanol–water partition coefficient (Wildman–Crippen LogP) is 3.19. The molecule has 8 heteroatoms. The summed E-state index contributed by atoms with van der Waals surface area (Å²) in [5.41, 5.74) is 9.49. The van der Waals surface area contributed by atoms with Crippen LogP contribution in [0.25, 0.3) is 0 Å². The lowest BCUT2D eigenvalue weighted by atomic mass is 9.82. The van der Waals surface area contributed by atoms with Crippen molar-refractivity contribution in [1.29, 1.82) is 0 Å². The number of carbonyl (C=O) groups is 2. The summed E-state index contributed by atoms with van der Waals surface area (Å²) in [6.45, 7) is 5.26. The molecule has 2 aromatic carbocycles. The summed E-state index contributed by atoms with van der Waals surface area (Å²) < 4.78 is 5.68. The van der Waals surface area contributed by atoms with Crippen LogP contribution in [0, 0.1) is 5.92 Å². The highest BCUT2D eigenvalue weighted by molar-refractivity contribution is 5.79. The Labute approximate surface area is 231 Å². The number of ether oxygens (including phenoxy) is 1.